The highest BCUT2D eigenvalue weighted by Gasteiger charge is 2.11. The number of methoxy groups -OCH3 is 1. The first kappa shape index (κ1) is 14.3. The van der Waals surface area contributed by atoms with E-state index in [1.165, 1.54) is 0 Å². The number of ether oxygens (including phenoxy) is 1. The lowest BCUT2D eigenvalue weighted by molar-refractivity contribution is 0.409. The molecule has 1 heterocycles. The van der Waals surface area contributed by atoms with Crippen LogP contribution in [0.2, 0.25) is 5.28 Å². The third-order valence-electron chi connectivity index (χ3n) is 2.76. The van der Waals surface area contributed by atoms with Crippen LogP contribution in [0.15, 0.2) is 24.3 Å². The van der Waals surface area contributed by atoms with Crippen molar-refractivity contribution < 1.29 is 4.74 Å². The summed E-state index contributed by atoms with van der Waals surface area (Å²) in [4.78, 5) is 14.2. The highest BCUT2D eigenvalue weighted by Crippen LogP contribution is 2.21. The van der Waals surface area contributed by atoms with Crippen molar-refractivity contribution in [3.05, 3.63) is 35.1 Å². The average molecular weight is 294 g/mol. The van der Waals surface area contributed by atoms with Crippen LogP contribution in [0, 0.1) is 0 Å². The minimum Gasteiger partial charge on any atom is -0.496 e. The molecule has 0 aliphatic carbocycles. The van der Waals surface area contributed by atoms with E-state index >= 15 is 0 Å². The van der Waals surface area contributed by atoms with Crippen LogP contribution in [0.5, 0.6) is 5.75 Å². The van der Waals surface area contributed by atoms with Crippen molar-refractivity contribution in [2.75, 3.05) is 31.4 Å². The first-order valence-electron chi connectivity index (χ1n) is 6.06. The van der Waals surface area contributed by atoms with E-state index in [-0.39, 0.29) is 5.28 Å². The summed E-state index contributed by atoms with van der Waals surface area (Å²) >= 11 is 5.88. The minimum atomic E-state index is 0.159. The Labute approximate surface area is 122 Å². The van der Waals surface area contributed by atoms with Gasteiger partial charge < -0.3 is 15.0 Å². The van der Waals surface area contributed by atoms with E-state index in [1.807, 2.05) is 36.2 Å². The van der Waals surface area contributed by atoms with Crippen LogP contribution in [0.4, 0.5) is 11.9 Å². The van der Waals surface area contributed by atoms with Gasteiger partial charge in [0.15, 0.2) is 0 Å². The predicted molar refractivity (Wildman–Crippen MR) is 79.5 cm³/mol. The second kappa shape index (κ2) is 6.38. The fourth-order valence-electron chi connectivity index (χ4n) is 1.78. The zero-order valence-electron chi connectivity index (χ0n) is 11.6. The highest BCUT2D eigenvalue weighted by atomic mass is 35.5. The van der Waals surface area contributed by atoms with Crippen LogP contribution >= 0.6 is 11.6 Å². The summed E-state index contributed by atoms with van der Waals surface area (Å²) in [7, 11) is 5.27. The predicted octanol–water partition coefficient (Wildman–Crippen LogP) is 2.21. The molecule has 7 heteroatoms. The molecule has 1 aromatic carbocycles. The Kier molecular flexibility index (Phi) is 4.57. The first-order valence-corrected chi connectivity index (χ1v) is 6.44. The lowest BCUT2D eigenvalue weighted by Gasteiger charge is -2.19. The summed E-state index contributed by atoms with van der Waals surface area (Å²) < 4.78 is 5.33. The number of aromatic nitrogens is 3. The second-order valence-electron chi connectivity index (χ2n) is 4.15. The Hall–Kier alpha value is -2.08. The number of hydrogen-bond acceptors (Lipinski definition) is 6. The van der Waals surface area contributed by atoms with E-state index in [1.54, 1.807) is 14.2 Å². The summed E-state index contributed by atoms with van der Waals surface area (Å²) in [6.45, 7) is 0.605. The number of nitrogens with one attached hydrogen (secondary N) is 1. The summed E-state index contributed by atoms with van der Waals surface area (Å²) in [5, 5.41) is 3.01. The molecule has 0 fully saturated rings. The van der Waals surface area contributed by atoms with Crippen molar-refractivity contribution in [3.63, 3.8) is 0 Å². The number of benzene rings is 1. The van der Waals surface area contributed by atoms with E-state index in [4.69, 9.17) is 16.3 Å². The number of nitrogens with zero attached hydrogens (tertiary/aromatic N) is 4. The Morgan fingerprint density at radius 1 is 1.25 bits per heavy atom. The maximum atomic E-state index is 5.88. The fraction of sp³-hybridized carbons (Fsp3) is 0.308. The van der Waals surface area contributed by atoms with Gasteiger partial charge in [0.05, 0.1) is 7.11 Å². The van der Waals surface area contributed by atoms with Gasteiger partial charge in [-0.15, -0.1) is 0 Å². The van der Waals surface area contributed by atoms with Gasteiger partial charge in [-0.2, -0.15) is 15.0 Å². The number of para-hydroxylation sites is 1. The zero-order chi connectivity index (χ0) is 14.5. The molecule has 2 aromatic rings. The molecule has 0 amide bonds. The molecule has 0 aliphatic rings. The third-order valence-corrected chi connectivity index (χ3v) is 2.93. The summed E-state index contributed by atoms with van der Waals surface area (Å²) in [5.74, 6) is 1.76. The van der Waals surface area contributed by atoms with Crippen LogP contribution < -0.4 is 15.0 Å². The molecule has 2 rings (SSSR count). The smallest absolute Gasteiger partial charge is 0.231 e. The van der Waals surface area contributed by atoms with Crippen LogP contribution in [-0.4, -0.2) is 36.2 Å². The molecule has 1 aromatic heterocycles. The molecule has 106 valence electrons. The first-order chi connectivity index (χ1) is 9.63. The molecule has 0 unspecified atom stereocenters. The maximum absolute atomic E-state index is 5.88. The van der Waals surface area contributed by atoms with E-state index in [2.05, 4.69) is 20.3 Å². The molecule has 0 bridgehead atoms. The van der Waals surface area contributed by atoms with Gasteiger partial charge in [0.25, 0.3) is 0 Å². The Balaban J connectivity index is 2.23. The topological polar surface area (TPSA) is 63.2 Å². The van der Waals surface area contributed by atoms with Crippen molar-refractivity contribution >= 4 is 23.5 Å². The maximum Gasteiger partial charge on any atom is 0.231 e. The molecule has 0 saturated carbocycles. The molecule has 1 N–H and O–H groups in total. The van der Waals surface area contributed by atoms with E-state index in [0.717, 1.165) is 11.3 Å². The average Bonchev–Trinajstić information content (AvgIpc) is 2.47. The summed E-state index contributed by atoms with van der Waals surface area (Å²) in [6, 6.07) is 7.81. The third kappa shape index (κ3) is 3.27. The van der Waals surface area contributed by atoms with Crippen molar-refractivity contribution in [2.24, 2.45) is 0 Å². The van der Waals surface area contributed by atoms with Crippen LogP contribution in [0.25, 0.3) is 0 Å². The van der Waals surface area contributed by atoms with Gasteiger partial charge in [0.2, 0.25) is 17.2 Å². The second-order valence-corrected chi connectivity index (χ2v) is 4.48. The lowest BCUT2D eigenvalue weighted by atomic mass is 10.2. The highest BCUT2D eigenvalue weighted by molar-refractivity contribution is 6.28. The van der Waals surface area contributed by atoms with Crippen LogP contribution in [-0.2, 0) is 6.54 Å². The minimum absolute atomic E-state index is 0.159. The largest absolute Gasteiger partial charge is 0.496 e. The van der Waals surface area contributed by atoms with Crippen molar-refractivity contribution in [3.8, 4) is 5.75 Å². The molecular weight excluding hydrogens is 278 g/mol. The molecule has 6 nitrogen and oxygen atoms in total. The molecule has 0 saturated heterocycles. The van der Waals surface area contributed by atoms with E-state index in [0.29, 0.717) is 18.4 Å². The molecular formula is C13H16ClN5O. The van der Waals surface area contributed by atoms with Crippen LogP contribution in [0.1, 0.15) is 5.56 Å². The Bertz CT molecular complexity index is 593. The molecule has 20 heavy (non-hydrogen) atoms. The quantitative estimate of drug-likeness (QED) is 0.912. The van der Waals surface area contributed by atoms with Gasteiger partial charge in [-0.1, -0.05) is 18.2 Å². The molecule has 0 spiro atoms. The fourth-order valence-corrected chi connectivity index (χ4v) is 1.94. The van der Waals surface area contributed by atoms with Gasteiger partial charge in [0.1, 0.15) is 5.75 Å². The van der Waals surface area contributed by atoms with Gasteiger partial charge in [-0.3, -0.25) is 0 Å². The van der Waals surface area contributed by atoms with Gasteiger partial charge in [-0.25, -0.2) is 0 Å². The molecule has 0 atom stereocenters. The van der Waals surface area contributed by atoms with Gasteiger partial charge in [-0.05, 0) is 17.7 Å². The lowest BCUT2D eigenvalue weighted by Crippen LogP contribution is -2.20. The van der Waals surface area contributed by atoms with E-state index in [9.17, 15) is 0 Å². The van der Waals surface area contributed by atoms with Gasteiger partial charge in [0, 0.05) is 26.2 Å². The molecule has 0 radical (unpaired) electrons. The van der Waals surface area contributed by atoms with Crippen molar-refractivity contribution in [1.29, 1.82) is 0 Å². The number of hydrogen-bond donors (Lipinski definition) is 1. The number of anilines is 2. The Morgan fingerprint density at radius 2 is 2.00 bits per heavy atom. The SMILES string of the molecule is CNc1nc(Cl)nc(N(C)Cc2ccccc2OC)n1. The standard InChI is InChI=1S/C13H16ClN5O/c1-15-12-16-11(14)17-13(18-12)19(2)8-9-6-4-5-7-10(9)20-3/h4-7H,8H2,1-3H3,(H,15,16,17,18). The monoisotopic (exact) mass is 293 g/mol. The zero-order valence-corrected chi connectivity index (χ0v) is 12.3. The van der Waals surface area contributed by atoms with Gasteiger partial charge >= 0.3 is 0 Å². The normalized spacial score (nSPS) is 10.2. The van der Waals surface area contributed by atoms with Crippen molar-refractivity contribution in [2.45, 2.75) is 6.54 Å². The van der Waals surface area contributed by atoms with E-state index < -0.39 is 0 Å². The number of halogens is 1. The summed E-state index contributed by atoms with van der Waals surface area (Å²) in [5.41, 5.74) is 1.04. The summed E-state index contributed by atoms with van der Waals surface area (Å²) in [6.07, 6.45) is 0. The van der Waals surface area contributed by atoms with Crippen LogP contribution in [0.3, 0.4) is 0 Å². The molecule has 0 aliphatic heterocycles. The Morgan fingerprint density at radius 3 is 2.70 bits per heavy atom. The van der Waals surface area contributed by atoms with Crippen molar-refractivity contribution in [1.82, 2.24) is 15.0 Å². The number of rotatable bonds is 5.